The van der Waals surface area contributed by atoms with Crippen molar-refractivity contribution in [3.05, 3.63) is 17.6 Å². The third-order valence-corrected chi connectivity index (χ3v) is 4.02. The highest BCUT2D eigenvalue weighted by Gasteiger charge is 2.19. The highest BCUT2D eigenvalue weighted by atomic mass is 32.2. The molecule has 0 saturated carbocycles. The van der Waals surface area contributed by atoms with Gasteiger partial charge in [0.05, 0.1) is 5.92 Å². The van der Waals surface area contributed by atoms with Gasteiger partial charge in [0, 0.05) is 17.0 Å². The number of hydrogen-bond donors (Lipinski definition) is 1. The van der Waals surface area contributed by atoms with Crippen LogP contribution in [0.1, 0.15) is 24.6 Å². The van der Waals surface area contributed by atoms with E-state index in [0.29, 0.717) is 5.75 Å². The van der Waals surface area contributed by atoms with Crippen LogP contribution in [0.2, 0.25) is 0 Å². The van der Waals surface area contributed by atoms with Crippen LogP contribution in [0.15, 0.2) is 11.4 Å². The third-order valence-electron chi connectivity index (χ3n) is 2.73. The number of aromatic nitrogens is 2. The third kappa shape index (κ3) is 2.35. The minimum absolute atomic E-state index is 0.336. The summed E-state index contributed by atoms with van der Waals surface area (Å²) in [6.45, 7) is 1.72. The van der Waals surface area contributed by atoms with E-state index in [2.05, 4.69) is 9.97 Å². The van der Waals surface area contributed by atoms with Gasteiger partial charge in [0.25, 0.3) is 0 Å². The van der Waals surface area contributed by atoms with Crippen LogP contribution in [0.25, 0.3) is 0 Å². The first-order chi connectivity index (χ1) is 7.68. The van der Waals surface area contributed by atoms with Gasteiger partial charge < -0.3 is 5.11 Å². The maximum atomic E-state index is 10.7. The molecule has 86 valence electrons. The number of aryl methyl sites for hydroxylation is 1. The average Bonchev–Trinajstić information content (AvgIpc) is 2.73. The van der Waals surface area contributed by atoms with E-state index in [9.17, 15) is 4.79 Å². The molecule has 0 aliphatic heterocycles. The van der Waals surface area contributed by atoms with E-state index in [1.165, 1.54) is 17.3 Å². The van der Waals surface area contributed by atoms with Gasteiger partial charge in [-0.15, -0.1) is 11.8 Å². The largest absolute Gasteiger partial charge is 0.481 e. The maximum absolute atomic E-state index is 10.7. The van der Waals surface area contributed by atoms with E-state index in [-0.39, 0.29) is 5.92 Å². The molecule has 0 bridgehead atoms. The number of hydrogen-bond acceptors (Lipinski definition) is 4. The number of nitrogens with zero attached hydrogens (tertiary/aromatic N) is 2. The molecule has 1 aliphatic carbocycles. The van der Waals surface area contributed by atoms with Crippen LogP contribution >= 0.6 is 11.8 Å². The van der Waals surface area contributed by atoms with Gasteiger partial charge in [-0.2, -0.15) is 0 Å². The Morgan fingerprint density at radius 1 is 1.56 bits per heavy atom. The van der Waals surface area contributed by atoms with Crippen molar-refractivity contribution < 1.29 is 9.90 Å². The molecule has 0 amide bonds. The summed E-state index contributed by atoms with van der Waals surface area (Å²) in [6, 6.07) is 0. The molecule has 0 spiro atoms. The molecular formula is C11H14N2O2S. The summed E-state index contributed by atoms with van der Waals surface area (Å²) in [7, 11) is 0. The first-order valence-corrected chi connectivity index (χ1v) is 6.35. The lowest BCUT2D eigenvalue weighted by atomic mass is 10.2. The number of carboxylic acid groups (broad SMARTS) is 1. The van der Waals surface area contributed by atoms with Gasteiger partial charge in [-0.05, 0) is 19.3 Å². The predicted molar refractivity (Wildman–Crippen MR) is 61.6 cm³/mol. The molecule has 4 nitrogen and oxygen atoms in total. The zero-order valence-corrected chi connectivity index (χ0v) is 9.96. The Labute approximate surface area is 98.5 Å². The molecule has 0 saturated heterocycles. The molecule has 1 aliphatic rings. The lowest BCUT2D eigenvalue weighted by molar-refractivity contribution is -0.140. The fourth-order valence-corrected chi connectivity index (χ4v) is 2.80. The lowest BCUT2D eigenvalue weighted by Gasteiger charge is -2.08. The lowest BCUT2D eigenvalue weighted by Crippen LogP contribution is -2.12. The van der Waals surface area contributed by atoms with Crippen molar-refractivity contribution in [1.82, 2.24) is 9.97 Å². The van der Waals surface area contributed by atoms with Gasteiger partial charge in [-0.25, -0.2) is 9.97 Å². The molecule has 1 aromatic rings. The quantitative estimate of drug-likeness (QED) is 0.640. The Kier molecular flexibility index (Phi) is 3.43. The Morgan fingerprint density at radius 3 is 3.12 bits per heavy atom. The zero-order chi connectivity index (χ0) is 11.5. The van der Waals surface area contributed by atoms with Crippen LogP contribution in [0.5, 0.6) is 0 Å². The summed E-state index contributed by atoms with van der Waals surface area (Å²) in [5.74, 6) is -0.520. The summed E-state index contributed by atoms with van der Waals surface area (Å²) >= 11 is 1.53. The van der Waals surface area contributed by atoms with Crippen molar-refractivity contribution in [1.29, 1.82) is 0 Å². The summed E-state index contributed by atoms with van der Waals surface area (Å²) < 4.78 is 0. The SMILES string of the molecule is CC(CSc1ncnc2c1CCC2)C(=O)O. The minimum Gasteiger partial charge on any atom is -0.481 e. The number of carboxylic acids is 1. The molecule has 16 heavy (non-hydrogen) atoms. The van der Waals surface area contributed by atoms with Gasteiger partial charge in [0.15, 0.2) is 0 Å². The molecule has 1 N–H and O–H groups in total. The van der Waals surface area contributed by atoms with Crippen LogP contribution in [-0.2, 0) is 17.6 Å². The Morgan fingerprint density at radius 2 is 2.38 bits per heavy atom. The summed E-state index contributed by atoms with van der Waals surface area (Å²) in [6.07, 6.45) is 4.77. The number of aliphatic carboxylic acids is 1. The highest BCUT2D eigenvalue weighted by Crippen LogP contribution is 2.29. The summed E-state index contributed by atoms with van der Waals surface area (Å²) in [5, 5.41) is 9.78. The van der Waals surface area contributed by atoms with Gasteiger partial charge in [-0.1, -0.05) is 6.92 Å². The normalized spacial score (nSPS) is 15.8. The van der Waals surface area contributed by atoms with Crippen molar-refractivity contribution in [3.63, 3.8) is 0 Å². The first kappa shape index (κ1) is 11.4. The van der Waals surface area contributed by atoms with Crippen LogP contribution in [0, 0.1) is 5.92 Å². The molecule has 1 aromatic heterocycles. The molecule has 1 heterocycles. The first-order valence-electron chi connectivity index (χ1n) is 5.37. The van der Waals surface area contributed by atoms with Gasteiger partial charge in [0.1, 0.15) is 11.4 Å². The number of fused-ring (bicyclic) bond motifs is 1. The van der Waals surface area contributed by atoms with E-state index in [1.54, 1.807) is 13.3 Å². The van der Waals surface area contributed by atoms with Crippen molar-refractivity contribution >= 4 is 17.7 Å². The van der Waals surface area contributed by atoms with Gasteiger partial charge in [-0.3, -0.25) is 4.79 Å². The van der Waals surface area contributed by atoms with Crippen molar-refractivity contribution in [2.24, 2.45) is 5.92 Å². The zero-order valence-electron chi connectivity index (χ0n) is 9.14. The topological polar surface area (TPSA) is 63.1 Å². The number of thioether (sulfide) groups is 1. The summed E-state index contributed by atoms with van der Waals surface area (Å²) in [4.78, 5) is 19.2. The molecule has 0 fully saturated rings. The highest BCUT2D eigenvalue weighted by molar-refractivity contribution is 7.99. The molecule has 0 radical (unpaired) electrons. The van der Waals surface area contributed by atoms with Crippen molar-refractivity contribution in [2.75, 3.05) is 5.75 Å². The Hall–Kier alpha value is -1.10. The van der Waals surface area contributed by atoms with Crippen LogP contribution in [0.4, 0.5) is 0 Å². The smallest absolute Gasteiger partial charge is 0.307 e. The van der Waals surface area contributed by atoms with Crippen molar-refractivity contribution in [2.45, 2.75) is 31.2 Å². The van der Waals surface area contributed by atoms with E-state index >= 15 is 0 Å². The molecule has 5 heteroatoms. The molecule has 0 aromatic carbocycles. The fourth-order valence-electron chi connectivity index (χ4n) is 1.73. The second-order valence-electron chi connectivity index (χ2n) is 4.01. The predicted octanol–water partition coefficient (Wildman–Crippen LogP) is 1.78. The molecule has 2 rings (SSSR count). The second kappa shape index (κ2) is 4.82. The Balaban J connectivity index is 2.05. The average molecular weight is 238 g/mol. The minimum atomic E-state index is -0.752. The standard InChI is InChI=1S/C11H14N2O2S/c1-7(11(14)15)5-16-10-8-3-2-4-9(8)12-6-13-10/h6-7H,2-5H2,1H3,(H,14,15). The molecule has 1 unspecified atom stereocenters. The van der Waals surface area contributed by atoms with E-state index in [0.717, 1.165) is 30.0 Å². The van der Waals surface area contributed by atoms with E-state index < -0.39 is 5.97 Å². The Bertz CT molecular complexity index is 409. The molecule has 1 atom stereocenters. The monoisotopic (exact) mass is 238 g/mol. The second-order valence-corrected chi connectivity index (χ2v) is 5.02. The van der Waals surface area contributed by atoms with E-state index in [4.69, 9.17) is 5.11 Å². The fraction of sp³-hybridized carbons (Fsp3) is 0.545. The maximum Gasteiger partial charge on any atom is 0.307 e. The van der Waals surface area contributed by atoms with Crippen LogP contribution < -0.4 is 0 Å². The van der Waals surface area contributed by atoms with Crippen LogP contribution in [-0.4, -0.2) is 26.8 Å². The van der Waals surface area contributed by atoms with Gasteiger partial charge >= 0.3 is 5.97 Å². The van der Waals surface area contributed by atoms with E-state index in [1.807, 2.05) is 0 Å². The number of rotatable bonds is 4. The van der Waals surface area contributed by atoms with Gasteiger partial charge in [0.2, 0.25) is 0 Å². The van der Waals surface area contributed by atoms with Crippen molar-refractivity contribution in [3.8, 4) is 0 Å². The number of carbonyl (C=O) groups is 1. The summed E-state index contributed by atoms with van der Waals surface area (Å²) in [5.41, 5.74) is 2.37. The molecular weight excluding hydrogens is 224 g/mol. The van der Waals surface area contributed by atoms with Crippen LogP contribution in [0.3, 0.4) is 0 Å².